The first-order valence-electron chi connectivity index (χ1n) is 6.16. The lowest BCUT2D eigenvalue weighted by molar-refractivity contribution is -0.138. The van der Waals surface area contributed by atoms with Crippen molar-refractivity contribution in [1.82, 2.24) is 5.32 Å². The molecule has 1 saturated heterocycles. The molecule has 1 aliphatic heterocycles. The molecule has 0 aliphatic carbocycles. The van der Waals surface area contributed by atoms with Gasteiger partial charge in [-0.1, -0.05) is 36.1 Å². The van der Waals surface area contributed by atoms with E-state index in [1.165, 1.54) is 11.8 Å². The molecule has 0 saturated carbocycles. The van der Waals surface area contributed by atoms with E-state index in [2.05, 4.69) is 10.6 Å². The Bertz CT molecular complexity index is 575. The number of carboxylic acid groups (broad SMARTS) is 1. The van der Waals surface area contributed by atoms with Crippen molar-refractivity contribution in [3.05, 3.63) is 34.7 Å². The van der Waals surface area contributed by atoms with Crippen molar-refractivity contribution in [2.75, 3.05) is 11.9 Å². The maximum absolute atomic E-state index is 10.6. The highest BCUT2D eigenvalue weighted by atomic mass is 32.2. The topological polar surface area (TPSA) is 108 Å². The summed E-state index contributed by atoms with van der Waals surface area (Å²) in [5, 5.41) is 24.1. The summed E-state index contributed by atoms with van der Waals surface area (Å²) < 4.78 is 0.551. The van der Waals surface area contributed by atoms with Crippen LogP contribution in [0.4, 0.5) is 5.69 Å². The van der Waals surface area contributed by atoms with Gasteiger partial charge in [0.15, 0.2) is 6.23 Å². The van der Waals surface area contributed by atoms with Gasteiger partial charge in [0, 0.05) is 17.1 Å². The lowest BCUT2D eigenvalue weighted by Gasteiger charge is -2.10. The number of aliphatic hydroxyl groups is 1. The molecule has 0 spiro atoms. The Morgan fingerprint density at radius 1 is 1.52 bits per heavy atom. The van der Waals surface area contributed by atoms with Crippen LogP contribution >= 0.6 is 24.0 Å². The van der Waals surface area contributed by atoms with E-state index in [0.717, 1.165) is 16.2 Å². The molecule has 112 valence electrons. The zero-order valence-electron chi connectivity index (χ0n) is 10.9. The van der Waals surface area contributed by atoms with Crippen molar-refractivity contribution in [3.63, 3.8) is 0 Å². The zero-order chi connectivity index (χ0) is 15.4. The first kappa shape index (κ1) is 15.8. The minimum Gasteiger partial charge on any atom is -0.480 e. The molecule has 6 nitrogen and oxygen atoms in total. The first-order chi connectivity index (χ1) is 9.95. The summed E-state index contributed by atoms with van der Waals surface area (Å²) in [6.45, 7) is 0.155. The van der Waals surface area contributed by atoms with Gasteiger partial charge in [0.2, 0.25) is 0 Å². The Morgan fingerprint density at radius 2 is 2.19 bits per heavy atom. The maximum atomic E-state index is 10.6. The third-order valence-electron chi connectivity index (χ3n) is 2.80. The van der Waals surface area contributed by atoms with E-state index in [0.29, 0.717) is 4.32 Å². The second-order valence-electron chi connectivity index (χ2n) is 4.43. The standard InChI is InChI=1S/C13H15N3O3S2/c14-9(12(18)19)6-15-8-3-1-7(2-4-8)5-10-11(17)16-13(20)21-10/h1-5,9,11,15,17H,6,14H2,(H,16,20)(H,18,19)/b10-5-/t9-,11?/m0/s1. The second kappa shape index (κ2) is 6.90. The molecule has 8 heteroatoms. The van der Waals surface area contributed by atoms with E-state index in [-0.39, 0.29) is 6.54 Å². The van der Waals surface area contributed by atoms with Crippen molar-refractivity contribution in [1.29, 1.82) is 0 Å². The predicted molar refractivity (Wildman–Crippen MR) is 87.9 cm³/mol. The highest BCUT2D eigenvalue weighted by Crippen LogP contribution is 2.28. The van der Waals surface area contributed by atoms with Crippen LogP contribution in [-0.4, -0.2) is 39.3 Å². The molecule has 21 heavy (non-hydrogen) atoms. The van der Waals surface area contributed by atoms with Gasteiger partial charge in [0.1, 0.15) is 10.4 Å². The number of carboxylic acids is 1. The van der Waals surface area contributed by atoms with E-state index in [1.54, 1.807) is 0 Å². The molecule has 1 aromatic carbocycles. The van der Waals surface area contributed by atoms with Crippen LogP contribution in [-0.2, 0) is 4.79 Å². The smallest absolute Gasteiger partial charge is 0.322 e. The van der Waals surface area contributed by atoms with Crippen molar-refractivity contribution < 1.29 is 15.0 Å². The van der Waals surface area contributed by atoms with Crippen LogP contribution < -0.4 is 16.4 Å². The number of rotatable bonds is 5. The lowest BCUT2D eigenvalue weighted by atomic mass is 10.2. The number of hydrogen-bond donors (Lipinski definition) is 5. The minimum absolute atomic E-state index is 0.155. The summed E-state index contributed by atoms with van der Waals surface area (Å²) in [6, 6.07) is 6.41. The third-order valence-corrected chi connectivity index (χ3v) is 4.05. The fourth-order valence-corrected chi connectivity index (χ4v) is 2.81. The fraction of sp³-hybridized carbons (Fsp3) is 0.231. The molecule has 0 radical (unpaired) electrons. The third kappa shape index (κ3) is 4.43. The van der Waals surface area contributed by atoms with Gasteiger partial charge in [-0.3, -0.25) is 4.79 Å². The van der Waals surface area contributed by atoms with Crippen LogP contribution in [0.3, 0.4) is 0 Å². The molecule has 1 aliphatic rings. The molecule has 1 aromatic rings. The van der Waals surface area contributed by atoms with E-state index in [9.17, 15) is 9.90 Å². The average molecular weight is 325 g/mol. The minimum atomic E-state index is -1.04. The van der Waals surface area contributed by atoms with Gasteiger partial charge in [-0.25, -0.2) is 0 Å². The van der Waals surface area contributed by atoms with Crippen LogP contribution in [0.25, 0.3) is 6.08 Å². The molecular formula is C13H15N3O3S2. The summed E-state index contributed by atoms with van der Waals surface area (Å²) in [5.74, 6) is -1.04. The fourth-order valence-electron chi connectivity index (χ4n) is 1.66. The molecule has 1 heterocycles. The number of hydrogen-bond acceptors (Lipinski definition) is 6. The van der Waals surface area contributed by atoms with Gasteiger partial charge in [-0.2, -0.15) is 0 Å². The number of benzene rings is 1. The Morgan fingerprint density at radius 3 is 2.71 bits per heavy atom. The van der Waals surface area contributed by atoms with Crippen LogP contribution in [0.15, 0.2) is 29.2 Å². The molecular weight excluding hydrogens is 310 g/mol. The Balaban J connectivity index is 1.98. The van der Waals surface area contributed by atoms with Gasteiger partial charge in [0.25, 0.3) is 0 Å². The van der Waals surface area contributed by atoms with Crippen LogP contribution in [0.1, 0.15) is 5.56 Å². The molecule has 0 amide bonds. The van der Waals surface area contributed by atoms with Gasteiger partial charge in [-0.15, -0.1) is 0 Å². The summed E-state index contributed by atoms with van der Waals surface area (Å²) in [4.78, 5) is 11.4. The summed E-state index contributed by atoms with van der Waals surface area (Å²) in [6.07, 6.45) is 1.09. The monoisotopic (exact) mass is 325 g/mol. The Labute approximate surface area is 131 Å². The van der Waals surface area contributed by atoms with Gasteiger partial charge >= 0.3 is 5.97 Å². The molecule has 1 fully saturated rings. The van der Waals surface area contributed by atoms with Gasteiger partial charge < -0.3 is 26.6 Å². The highest BCUT2D eigenvalue weighted by molar-refractivity contribution is 8.26. The largest absolute Gasteiger partial charge is 0.480 e. The predicted octanol–water partition coefficient (Wildman–Crippen LogP) is 0.791. The first-order valence-corrected chi connectivity index (χ1v) is 7.38. The molecule has 0 bridgehead atoms. The molecule has 6 N–H and O–H groups in total. The number of nitrogens with one attached hydrogen (secondary N) is 2. The number of anilines is 1. The summed E-state index contributed by atoms with van der Waals surface area (Å²) in [7, 11) is 0. The van der Waals surface area contributed by atoms with Crippen LogP contribution in [0.2, 0.25) is 0 Å². The number of thioether (sulfide) groups is 1. The average Bonchev–Trinajstić information content (AvgIpc) is 2.75. The molecule has 2 rings (SSSR count). The van der Waals surface area contributed by atoms with Gasteiger partial charge in [-0.05, 0) is 23.8 Å². The van der Waals surface area contributed by atoms with Gasteiger partial charge in [0.05, 0.1) is 0 Å². The molecule has 2 atom stereocenters. The van der Waals surface area contributed by atoms with E-state index < -0.39 is 18.2 Å². The number of thiocarbonyl (C=S) groups is 1. The summed E-state index contributed by atoms with van der Waals surface area (Å²) in [5.41, 5.74) is 7.10. The zero-order valence-corrected chi connectivity index (χ0v) is 12.6. The Kier molecular flexibility index (Phi) is 5.18. The lowest BCUT2D eigenvalue weighted by Crippen LogP contribution is -2.36. The summed E-state index contributed by atoms with van der Waals surface area (Å²) >= 11 is 6.30. The Hall–Kier alpha value is -1.61. The van der Waals surface area contributed by atoms with Crippen molar-refractivity contribution in [2.45, 2.75) is 12.3 Å². The normalized spacial score (nSPS) is 21.1. The SMILES string of the molecule is N[C@@H](CNc1ccc(/C=C2\SC(=S)NC2O)cc1)C(=O)O. The van der Waals surface area contributed by atoms with Crippen molar-refractivity contribution >= 4 is 46.0 Å². The number of carbonyl (C=O) groups is 1. The molecule has 1 unspecified atom stereocenters. The second-order valence-corrected chi connectivity index (χ2v) is 6.18. The quantitative estimate of drug-likeness (QED) is 0.506. The van der Waals surface area contributed by atoms with E-state index in [1.807, 2.05) is 30.3 Å². The molecule has 0 aromatic heterocycles. The maximum Gasteiger partial charge on any atom is 0.322 e. The number of aliphatic carboxylic acids is 1. The van der Waals surface area contributed by atoms with Crippen LogP contribution in [0.5, 0.6) is 0 Å². The highest BCUT2D eigenvalue weighted by Gasteiger charge is 2.22. The van der Waals surface area contributed by atoms with Crippen molar-refractivity contribution in [2.24, 2.45) is 5.73 Å². The van der Waals surface area contributed by atoms with E-state index in [4.69, 9.17) is 23.1 Å². The van der Waals surface area contributed by atoms with E-state index >= 15 is 0 Å². The number of aliphatic hydroxyl groups excluding tert-OH is 1. The van der Waals surface area contributed by atoms with Crippen LogP contribution in [0, 0.1) is 0 Å². The number of nitrogens with two attached hydrogens (primary N) is 1. The van der Waals surface area contributed by atoms with Crippen molar-refractivity contribution in [3.8, 4) is 0 Å².